The first-order valence-electron chi connectivity index (χ1n) is 27.9. The molecule has 0 radical (unpaired) electrons. The highest BCUT2D eigenvalue weighted by Gasteiger charge is 2.19. The van der Waals surface area contributed by atoms with Gasteiger partial charge in [0.05, 0.1) is 0 Å². The van der Waals surface area contributed by atoms with Crippen LogP contribution in [0.5, 0.6) is 0 Å². The molecule has 0 fully saturated rings. The average molecular weight is 877 g/mol. The van der Waals surface area contributed by atoms with E-state index < -0.39 is 6.10 Å². The number of carbonyl (C=O) groups is 3. The van der Waals surface area contributed by atoms with Gasteiger partial charge in [-0.2, -0.15) is 0 Å². The summed E-state index contributed by atoms with van der Waals surface area (Å²) in [6.45, 7) is 9.05. The molecule has 6 nitrogen and oxygen atoms in total. The highest BCUT2D eigenvalue weighted by atomic mass is 16.6. The largest absolute Gasteiger partial charge is 0.462 e. The molecule has 0 aliphatic rings. The van der Waals surface area contributed by atoms with Crippen molar-refractivity contribution in [2.24, 2.45) is 5.92 Å². The van der Waals surface area contributed by atoms with Gasteiger partial charge in [-0.15, -0.1) is 0 Å². The van der Waals surface area contributed by atoms with Crippen LogP contribution in [0.2, 0.25) is 0 Å². The van der Waals surface area contributed by atoms with E-state index in [4.69, 9.17) is 14.2 Å². The van der Waals surface area contributed by atoms with E-state index >= 15 is 0 Å². The number of rotatable bonds is 51. The summed E-state index contributed by atoms with van der Waals surface area (Å²) in [6, 6.07) is 0. The van der Waals surface area contributed by atoms with Gasteiger partial charge in [0, 0.05) is 19.3 Å². The second kappa shape index (κ2) is 50.4. The van der Waals surface area contributed by atoms with Crippen molar-refractivity contribution in [2.45, 2.75) is 323 Å². The summed E-state index contributed by atoms with van der Waals surface area (Å²) in [7, 11) is 0. The van der Waals surface area contributed by atoms with E-state index in [0.717, 1.165) is 63.7 Å². The summed E-state index contributed by atoms with van der Waals surface area (Å²) in [5, 5.41) is 0. The SMILES string of the molecule is CCCCCCCCCCCCCCCCCCCC(=O)O[C@H](COC(=O)CCCCCCCCCCCC)COC(=O)CCCCCCCCCCCCCCCCC(C)C. The van der Waals surface area contributed by atoms with E-state index in [1.807, 2.05) is 0 Å². The van der Waals surface area contributed by atoms with Crippen LogP contribution in [-0.2, 0) is 28.6 Å². The topological polar surface area (TPSA) is 78.9 Å². The van der Waals surface area contributed by atoms with Crippen LogP contribution >= 0.6 is 0 Å². The molecule has 0 heterocycles. The van der Waals surface area contributed by atoms with E-state index in [0.29, 0.717) is 19.3 Å². The van der Waals surface area contributed by atoms with Crippen LogP contribution in [0.3, 0.4) is 0 Å². The highest BCUT2D eigenvalue weighted by molar-refractivity contribution is 5.71. The minimum atomic E-state index is -0.761. The van der Waals surface area contributed by atoms with Gasteiger partial charge in [-0.3, -0.25) is 14.4 Å². The first-order chi connectivity index (χ1) is 30.4. The van der Waals surface area contributed by atoms with Crippen molar-refractivity contribution in [3.05, 3.63) is 0 Å². The summed E-state index contributed by atoms with van der Waals surface area (Å²) < 4.78 is 16.8. The Balaban J connectivity index is 4.25. The average Bonchev–Trinajstić information content (AvgIpc) is 3.26. The van der Waals surface area contributed by atoms with Crippen LogP contribution in [0.25, 0.3) is 0 Å². The fraction of sp³-hybridized carbons (Fsp3) is 0.946. The third-order valence-corrected chi connectivity index (χ3v) is 12.8. The minimum absolute atomic E-state index is 0.0622. The van der Waals surface area contributed by atoms with Gasteiger partial charge in [-0.25, -0.2) is 0 Å². The number of unbranched alkanes of at least 4 members (excludes halogenated alkanes) is 38. The molecule has 0 N–H and O–H groups in total. The molecule has 0 aromatic rings. The fourth-order valence-electron chi connectivity index (χ4n) is 8.57. The zero-order chi connectivity index (χ0) is 45.2. The molecule has 0 rings (SSSR count). The number of ether oxygens (including phenoxy) is 3. The Labute approximate surface area is 387 Å². The van der Waals surface area contributed by atoms with Crippen LogP contribution in [0.4, 0.5) is 0 Å². The number of carbonyl (C=O) groups excluding carboxylic acids is 3. The minimum Gasteiger partial charge on any atom is -0.462 e. The van der Waals surface area contributed by atoms with Crippen LogP contribution in [0.15, 0.2) is 0 Å². The lowest BCUT2D eigenvalue weighted by molar-refractivity contribution is -0.167. The summed E-state index contributed by atoms with van der Waals surface area (Å²) >= 11 is 0. The van der Waals surface area contributed by atoms with Gasteiger partial charge in [0.1, 0.15) is 13.2 Å². The molecule has 0 amide bonds. The molecule has 0 aromatic carbocycles. The summed E-state index contributed by atoms with van der Waals surface area (Å²) in [4.78, 5) is 38.0. The van der Waals surface area contributed by atoms with Crippen LogP contribution in [0.1, 0.15) is 317 Å². The molecular weight excluding hydrogens is 769 g/mol. The zero-order valence-electron chi connectivity index (χ0n) is 42.3. The number of hydrogen-bond donors (Lipinski definition) is 0. The molecule has 6 heteroatoms. The van der Waals surface area contributed by atoms with Gasteiger partial charge in [0.2, 0.25) is 0 Å². The van der Waals surface area contributed by atoms with Gasteiger partial charge >= 0.3 is 17.9 Å². The van der Waals surface area contributed by atoms with Crippen LogP contribution in [0, 0.1) is 5.92 Å². The first kappa shape index (κ1) is 60.4. The van der Waals surface area contributed by atoms with Gasteiger partial charge in [-0.05, 0) is 25.2 Å². The quantitative estimate of drug-likeness (QED) is 0.0344. The molecule has 0 aromatic heterocycles. The predicted molar refractivity (Wildman–Crippen MR) is 266 cm³/mol. The second-order valence-corrected chi connectivity index (χ2v) is 19.7. The third-order valence-electron chi connectivity index (χ3n) is 12.8. The lowest BCUT2D eigenvalue weighted by Crippen LogP contribution is -2.30. The van der Waals surface area contributed by atoms with Crippen molar-refractivity contribution in [3.8, 4) is 0 Å². The monoisotopic (exact) mass is 877 g/mol. The van der Waals surface area contributed by atoms with Crippen LogP contribution < -0.4 is 0 Å². The molecule has 0 saturated heterocycles. The van der Waals surface area contributed by atoms with Crippen molar-refractivity contribution in [1.82, 2.24) is 0 Å². The molecule has 1 atom stereocenters. The lowest BCUT2D eigenvalue weighted by Gasteiger charge is -2.18. The van der Waals surface area contributed by atoms with E-state index in [1.54, 1.807) is 0 Å². The lowest BCUT2D eigenvalue weighted by atomic mass is 10.0. The van der Waals surface area contributed by atoms with E-state index in [1.165, 1.54) is 212 Å². The smallest absolute Gasteiger partial charge is 0.306 e. The molecule has 62 heavy (non-hydrogen) atoms. The highest BCUT2D eigenvalue weighted by Crippen LogP contribution is 2.18. The van der Waals surface area contributed by atoms with E-state index in [-0.39, 0.29) is 31.1 Å². The predicted octanol–water partition coefficient (Wildman–Crippen LogP) is 18.2. The first-order valence-corrected chi connectivity index (χ1v) is 27.9. The Kier molecular flexibility index (Phi) is 49.1. The van der Waals surface area contributed by atoms with Crippen molar-refractivity contribution in [1.29, 1.82) is 0 Å². The van der Waals surface area contributed by atoms with Gasteiger partial charge in [0.15, 0.2) is 6.10 Å². The number of esters is 3. The molecule has 0 saturated carbocycles. The van der Waals surface area contributed by atoms with Crippen LogP contribution in [-0.4, -0.2) is 37.2 Å². The van der Waals surface area contributed by atoms with Crippen molar-refractivity contribution >= 4 is 17.9 Å². The standard InChI is InChI=1S/C56H108O6/c1-5-7-9-11-13-15-17-18-19-20-21-26-29-33-37-41-45-49-56(59)62-53(50-60-54(57)47-43-39-35-31-16-14-12-10-8-6-2)51-61-55(58)48-44-40-36-32-28-25-23-22-24-27-30-34-38-42-46-52(3)4/h52-53H,5-51H2,1-4H3/t53-/m1/s1. The molecule has 0 unspecified atom stereocenters. The molecule has 0 aliphatic heterocycles. The molecule has 0 bridgehead atoms. The maximum atomic E-state index is 12.8. The second-order valence-electron chi connectivity index (χ2n) is 19.7. The maximum Gasteiger partial charge on any atom is 0.306 e. The molecule has 0 aliphatic carbocycles. The van der Waals surface area contributed by atoms with E-state index in [2.05, 4.69) is 27.7 Å². The van der Waals surface area contributed by atoms with Crippen molar-refractivity contribution in [3.63, 3.8) is 0 Å². The Morgan fingerprint density at radius 2 is 0.532 bits per heavy atom. The Hall–Kier alpha value is -1.59. The zero-order valence-corrected chi connectivity index (χ0v) is 42.3. The molecule has 0 spiro atoms. The summed E-state index contributed by atoms with van der Waals surface area (Å²) in [5.41, 5.74) is 0. The molecule has 368 valence electrons. The van der Waals surface area contributed by atoms with Gasteiger partial charge in [0.25, 0.3) is 0 Å². The molecular formula is C56H108O6. The summed E-state index contributed by atoms with van der Waals surface area (Å²) in [6.07, 6.45) is 53.8. The maximum absolute atomic E-state index is 12.8. The van der Waals surface area contributed by atoms with E-state index in [9.17, 15) is 14.4 Å². The Morgan fingerprint density at radius 3 is 0.790 bits per heavy atom. The normalized spacial score (nSPS) is 12.0. The van der Waals surface area contributed by atoms with Gasteiger partial charge < -0.3 is 14.2 Å². The van der Waals surface area contributed by atoms with Gasteiger partial charge in [-0.1, -0.05) is 278 Å². The van der Waals surface area contributed by atoms with Crippen molar-refractivity contribution in [2.75, 3.05) is 13.2 Å². The third kappa shape index (κ3) is 49.4. The Bertz CT molecular complexity index is 933. The number of hydrogen-bond acceptors (Lipinski definition) is 6. The van der Waals surface area contributed by atoms with Crippen molar-refractivity contribution < 1.29 is 28.6 Å². The summed E-state index contributed by atoms with van der Waals surface area (Å²) in [5.74, 6) is 0.00499. The fourth-order valence-corrected chi connectivity index (χ4v) is 8.57. The Morgan fingerprint density at radius 1 is 0.306 bits per heavy atom.